The SMILES string of the molecule is CC(=O)c1nncc(C2CCCC2)n1. The number of carbonyl (C=O) groups is 1. The predicted octanol–water partition coefficient (Wildman–Crippen LogP) is 1.73. The molecule has 4 heteroatoms. The van der Waals surface area contributed by atoms with Crippen molar-refractivity contribution in [1.29, 1.82) is 0 Å². The summed E-state index contributed by atoms with van der Waals surface area (Å²) < 4.78 is 0. The third-order valence-electron chi connectivity index (χ3n) is 2.67. The molecule has 1 heterocycles. The van der Waals surface area contributed by atoms with Gasteiger partial charge < -0.3 is 0 Å². The topological polar surface area (TPSA) is 55.7 Å². The predicted molar refractivity (Wildman–Crippen MR) is 51.0 cm³/mol. The van der Waals surface area contributed by atoms with Crippen LogP contribution in [0.2, 0.25) is 0 Å². The molecule has 1 fully saturated rings. The van der Waals surface area contributed by atoms with Crippen molar-refractivity contribution in [2.75, 3.05) is 0 Å². The van der Waals surface area contributed by atoms with Crippen LogP contribution in [0.5, 0.6) is 0 Å². The highest BCUT2D eigenvalue weighted by Gasteiger charge is 2.19. The molecular formula is C10H13N3O. The Morgan fingerprint density at radius 1 is 1.43 bits per heavy atom. The number of carbonyl (C=O) groups excluding carboxylic acids is 1. The van der Waals surface area contributed by atoms with Crippen LogP contribution in [0, 0.1) is 0 Å². The van der Waals surface area contributed by atoms with E-state index in [0.717, 1.165) is 18.5 Å². The summed E-state index contributed by atoms with van der Waals surface area (Å²) in [7, 11) is 0. The van der Waals surface area contributed by atoms with Crippen molar-refractivity contribution in [3.8, 4) is 0 Å². The van der Waals surface area contributed by atoms with E-state index in [0.29, 0.717) is 5.92 Å². The second-order valence-corrected chi connectivity index (χ2v) is 3.74. The summed E-state index contributed by atoms with van der Waals surface area (Å²) in [5.74, 6) is 0.621. The van der Waals surface area contributed by atoms with Gasteiger partial charge in [-0.3, -0.25) is 4.79 Å². The first kappa shape index (κ1) is 9.24. The summed E-state index contributed by atoms with van der Waals surface area (Å²) in [6.07, 6.45) is 6.52. The minimum absolute atomic E-state index is 0.114. The summed E-state index contributed by atoms with van der Waals surface area (Å²) in [6.45, 7) is 1.47. The van der Waals surface area contributed by atoms with Gasteiger partial charge in [0.2, 0.25) is 5.82 Å². The number of Topliss-reactive ketones (excluding diaryl/α,β-unsaturated/α-hetero) is 1. The lowest BCUT2D eigenvalue weighted by atomic mass is 10.1. The fraction of sp³-hybridized carbons (Fsp3) is 0.600. The molecule has 0 spiro atoms. The van der Waals surface area contributed by atoms with Gasteiger partial charge in [-0.1, -0.05) is 12.8 Å². The molecule has 0 amide bonds. The zero-order chi connectivity index (χ0) is 9.97. The van der Waals surface area contributed by atoms with Gasteiger partial charge in [0, 0.05) is 12.8 Å². The number of rotatable bonds is 2. The zero-order valence-corrected chi connectivity index (χ0v) is 8.23. The molecule has 14 heavy (non-hydrogen) atoms. The Labute approximate surface area is 82.8 Å². The molecule has 0 unspecified atom stereocenters. The van der Waals surface area contributed by atoms with Crippen molar-refractivity contribution in [3.63, 3.8) is 0 Å². The quantitative estimate of drug-likeness (QED) is 0.668. The van der Waals surface area contributed by atoms with Crippen LogP contribution >= 0.6 is 0 Å². The Hall–Kier alpha value is -1.32. The molecule has 1 aromatic rings. The Morgan fingerprint density at radius 2 is 2.14 bits per heavy atom. The average Bonchev–Trinajstić information content (AvgIpc) is 2.71. The number of ketones is 1. The number of nitrogens with zero attached hydrogens (tertiary/aromatic N) is 3. The summed E-state index contributed by atoms with van der Waals surface area (Å²) in [5.41, 5.74) is 0.933. The van der Waals surface area contributed by atoms with Crippen LogP contribution in [0.15, 0.2) is 6.20 Å². The molecule has 0 N–H and O–H groups in total. The lowest BCUT2D eigenvalue weighted by Gasteiger charge is -2.06. The van der Waals surface area contributed by atoms with E-state index in [2.05, 4.69) is 15.2 Å². The Morgan fingerprint density at radius 3 is 2.79 bits per heavy atom. The van der Waals surface area contributed by atoms with Crippen LogP contribution in [0.25, 0.3) is 0 Å². The van der Waals surface area contributed by atoms with Gasteiger partial charge in [-0.15, -0.1) is 5.10 Å². The molecule has 0 radical (unpaired) electrons. The van der Waals surface area contributed by atoms with Gasteiger partial charge in [0.1, 0.15) is 0 Å². The van der Waals surface area contributed by atoms with Crippen LogP contribution in [0.1, 0.15) is 54.8 Å². The summed E-state index contributed by atoms with van der Waals surface area (Å²) in [5, 5.41) is 7.52. The molecule has 0 saturated heterocycles. The molecule has 1 saturated carbocycles. The van der Waals surface area contributed by atoms with Gasteiger partial charge in [0.05, 0.1) is 11.9 Å². The van der Waals surface area contributed by atoms with E-state index in [4.69, 9.17) is 0 Å². The zero-order valence-electron chi connectivity index (χ0n) is 8.23. The standard InChI is InChI=1S/C10H13N3O/c1-7(14)10-12-9(6-11-13-10)8-4-2-3-5-8/h6,8H,2-5H2,1H3. The first-order valence-corrected chi connectivity index (χ1v) is 4.98. The second-order valence-electron chi connectivity index (χ2n) is 3.74. The van der Waals surface area contributed by atoms with Crippen molar-refractivity contribution >= 4 is 5.78 Å². The normalized spacial score (nSPS) is 17.2. The molecule has 74 valence electrons. The second kappa shape index (κ2) is 3.82. The van der Waals surface area contributed by atoms with E-state index in [1.807, 2.05) is 0 Å². The molecule has 0 aliphatic heterocycles. The molecule has 1 aromatic heterocycles. The highest BCUT2D eigenvalue weighted by Crippen LogP contribution is 2.32. The van der Waals surface area contributed by atoms with Crippen LogP contribution in [-0.4, -0.2) is 21.0 Å². The van der Waals surface area contributed by atoms with E-state index < -0.39 is 0 Å². The fourth-order valence-corrected chi connectivity index (χ4v) is 1.88. The molecule has 1 aliphatic rings. The van der Waals surface area contributed by atoms with E-state index in [-0.39, 0.29) is 11.6 Å². The van der Waals surface area contributed by atoms with Crippen molar-refractivity contribution in [1.82, 2.24) is 15.2 Å². The lowest BCUT2D eigenvalue weighted by molar-refractivity contribution is 0.100. The van der Waals surface area contributed by atoms with Crippen LogP contribution in [0.3, 0.4) is 0 Å². The van der Waals surface area contributed by atoms with Crippen LogP contribution in [-0.2, 0) is 0 Å². The first-order chi connectivity index (χ1) is 6.77. The van der Waals surface area contributed by atoms with Gasteiger partial charge in [-0.25, -0.2) is 4.98 Å². The maximum absolute atomic E-state index is 11.0. The Kier molecular flexibility index (Phi) is 2.52. The van der Waals surface area contributed by atoms with Crippen LogP contribution < -0.4 is 0 Å². The monoisotopic (exact) mass is 191 g/mol. The molecule has 1 aliphatic carbocycles. The largest absolute Gasteiger partial charge is 0.291 e. The number of hydrogen-bond acceptors (Lipinski definition) is 4. The van der Waals surface area contributed by atoms with Crippen molar-refractivity contribution in [2.24, 2.45) is 0 Å². The molecule has 4 nitrogen and oxygen atoms in total. The van der Waals surface area contributed by atoms with Crippen molar-refractivity contribution in [2.45, 2.75) is 38.5 Å². The Balaban J connectivity index is 2.25. The van der Waals surface area contributed by atoms with Crippen molar-refractivity contribution in [3.05, 3.63) is 17.7 Å². The number of hydrogen-bond donors (Lipinski definition) is 0. The van der Waals surface area contributed by atoms with Gasteiger partial charge in [0.25, 0.3) is 0 Å². The third-order valence-corrected chi connectivity index (χ3v) is 2.67. The van der Waals surface area contributed by atoms with E-state index in [1.54, 1.807) is 6.20 Å². The van der Waals surface area contributed by atoms with Crippen molar-refractivity contribution < 1.29 is 4.79 Å². The molecule has 0 bridgehead atoms. The van der Waals surface area contributed by atoms with E-state index >= 15 is 0 Å². The number of aromatic nitrogens is 3. The summed E-state index contributed by atoms with van der Waals surface area (Å²) >= 11 is 0. The maximum atomic E-state index is 11.0. The Bertz CT molecular complexity index is 345. The smallest absolute Gasteiger partial charge is 0.217 e. The minimum atomic E-state index is -0.114. The minimum Gasteiger partial charge on any atom is -0.291 e. The summed E-state index contributed by atoms with van der Waals surface area (Å²) in [4.78, 5) is 15.3. The third kappa shape index (κ3) is 1.78. The van der Waals surface area contributed by atoms with E-state index in [9.17, 15) is 4.79 Å². The summed E-state index contributed by atoms with van der Waals surface area (Å²) in [6, 6.07) is 0. The van der Waals surface area contributed by atoms with Crippen LogP contribution in [0.4, 0.5) is 0 Å². The lowest BCUT2D eigenvalue weighted by Crippen LogP contribution is -2.07. The molecule has 2 rings (SSSR count). The maximum Gasteiger partial charge on any atom is 0.217 e. The van der Waals surface area contributed by atoms with Gasteiger partial charge in [0.15, 0.2) is 5.78 Å². The van der Waals surface area contributed by atoms with Gasteiger partial charge in [-0.05, 0) is 12.8 Å². The molecular weight excluding hydrogens is 178 g/mol. The van der Waals surface area contributed by atoms with Gasteiger partial charge >= 0.3 is 0 Å². The molecule has 0 atom stereocenters. The average molecular weight is 191 g/mol. The van der Waals surface area contributed by atoms with Gasteiger partial charge in [-0.2, -0.15) is 5.10 Å². The van der Waals surface area contributed by atoms with E-state index in [1.165, 1.54) is 19.8 Å². The fourth-order valence-electron chi connectivity index (χ4n) is 1.88. The first-order valence-electron chi connectivity index (χ1n) is 4.98. The highest BCUT2D eigenvalue weighted by atomic mass is 16.1. The molecule has 0 aromatic carbocycles. The highest BCUT2D eigenvalue weighted by molar-refractivity contribution is 5.89.